The van der Waals surface area contributed by atoms with Crippen LogP contribution in [-0.4, -0.2) is 62.0 Å². The third kappa shape index (κ3) is 6.61. The zero-order chi connectivity index (χ0) is 21.3. The van der Waals surface area contributed by atoms with Crippen LogP contribution in [0.25, 0.3) is 0 Å². The van der Waals surface area contributed by atoms with Crippen LogP contribution in [0.3, 0.4) is 0 Å². The molecule has 0 radical (unpaired) electrons. The Morgan fingerprint density at radius 3 is 2.50 bits per heavy atom. The minimum Gasteiger partial charge on any atom is -0.478 e. The fraction of sp³-hybridized carbons (Fsp3) is 0.500. The maximum absolute atomic E-state index is 9.55. The van der Waals surface area contributed by atoms with E-state index < -0.39 is 11.9 Å². The number of hydrogen-bond acceptors (Lipinski definition) is 8. The maximum atomic E-state index is 9.55. The Hall–Kier alpha value is -2.30. The molecule has 1 unspecified atom stereocenters. The second kappa shape index (κ2) is 11.2. The van der Waals surface area contributed by atoms with E-state index in [1.54, 1.807) is 0 Å². The molecule has 162 valence electrons. The van der Waals surface area contributed by atoms with Crippen molar-refractivity contribution in [2.24, 2.45) is 5.92 Å². The molecule has 5 heterocycles. The van der Waals surface area contributed by atoms with Gasteiger partial charge < -0.3 is 19.8 Å². The summed E-state index contributed by atoms with van der Waals surface area (Å²) in [5, 5.41) is 17.8. The summed E-state index contributed by atoms with van der Waals surface area (Å²) in [5.41, 5.74) is 1.12. The van der Waals surface area contributed by atoms with Gasteiger partial charge in [-0.1, -0.05) is 6.07 Å². The molecular weight excluding hydrogens is 426 g/mol. The van der Waals surface area contributed by atoms with Crippen molar-refractivity contribution in [1.82, 2.24) is 13.6 Å². The third-order valence-electron chi connectivity index (χ3n) is 5.24. The second-order valence-corrected chi connectivity index (χ2v) is 8.80. The van der Waals surface area contributed by atoms with E-state index in [0.717, 1.165) is 43.5 Å². The quantitative estimate of drug-likeness (QED) is 0.465. The van der Waals surface area contributed by atoms with Gasteiger partial charge in [0.2, 0.25) is 5.88 Å². The van der Waals surface area contributed by atoms with Gasteiger partial charge in [-0.2, -0.15) is 4.37 Å². The van der Waals surface area contributed by atoms with Crippen LogP contribution < -0.4 is 4.74 Å². The lowest BCUT2D eigenvalue weighted by molar-refractivity contribution is -0.134. The SMILES string of the molecule is O=C(O)/C=C/C(=O)O.c1csc(CCCOc2nsnc2C2CN3CCC2CC3)c1. The molecule has 3 saturated heterocycles. The first-order valence-corrected chi connectivity index (χ1v) is 11.5. The number of piperidine rings is 3. The van der Waals surface area contributed by atoms with Crippen molar-refractivity contribution in [3.05, 3.63) is 40.2 Å². The van der Waals surface area contributed by atoms with Crippen LogP contribution in [0.5, 0.6) is 5.88 Å². The molecule has 0 saturated carbocycles. The van der Waals surface area contributed by atoms with E-state index in [0.29, 0.717) is 18.1 Å². The van der Waals surface area contributed by atoms with Gasteiger partial charge >= 0.3 is 11.9 Å². The highest BCUT2D eigenvalue weighted by Crippen LogP contribution is 2.41. The Kier molecular flexibility index (Phi) is 8.35. The molecule has 3 aliphatic rings. The highest BCUT2D eigenvalue weighted by atomic mass is 32.1. The Morgan fingerprint density at radius 2 is 1.93 bits per heavy atom. The lowest BCUT2D eigenvalue weighted by atomic mass is 9.77. The molecule has 3 fully saturated rings. The molecule has 5 rings (SSSR count). The van der Waals surface area contributed by atoms with Crippen molar-refractivity contribution >= 4 is 35.0 Å². The van der Waals surface area contributed by atoms with Crippen LogP contribution in [-0.2, 0) is 16.0 Å². The topological polar surface area (TPSA) is 113 Å². The fourth-order valence-corrected chi connectivity index (χ4v) is 5.12. The first kappa shape index (κ1) is 22.4. The number of carbonyl (C=O) groups is 2. The van der Waals surface area contributed by atoms with Crippen molar-refractivity contribution in [3.63, 3.8) is 0 Å². The van der Waals surface area contributed by atoms with Crippen LogP contribution in [0, 0.1) is 5.92 Å². The molecule has 0 spiro atoms. The number of aromatic nitrogens is 2. The minimum atomic E-state index is -1.26. The monoisotopic (exact) mass is 451 g/mol. The number of rotatable bonds is 8. The van der Waals surface area contributed by atoms with Gasteiger partial charge in [0.15, 0.2) is 0 Å². The number of thiophene rings is 1. The molecular formula is C20H25N3O5S2. The third-order valence-corrected chi connectivity index (χ3v) is 6.71. The van der Waals surface area contributed by atoms with Crippen LogP contribution in [0.1, 0.15) is 35.8 Å². The van der Waals surface area contributed by atoms with Crippen molar-refractivity contribution in [3.8, 4) is 5.88 Å². The van der Waals surface area contributed by atoms with Gasteiger partial charge in [0, 0.05) is 29.5 Å². The van der Waals surface area contributed by atoms with Crippen LogP contribution in [0.4, 0.5) is 0 Å². The zero-order valence-corrected chi connectivity index (χ0v) is 18.1. The number of fused-ring (bicyclic) bond motifs is 3. The summed E-state index contributed by atoms with van der Waals surface area (Å²) in [6.07, 6.45) is 5.85. The van der Waals surface area contributed by atoms with Gasteiger partial charge in [-0.3, -0.25) is 0 Å². The lowest BCUT2D eigenvalue weighted by Crippen LogP contribution is -2.46. The molecule has 0 aromatic carbocycles. The Labute approximate surface area is 183 Å². The van der Waals surface area contributed by atoms with Gasteiger partial charge in [0.05, 0.1) is 18.3 Å². The van der Waals surface area contributed by atoms with E-state index in [4.69, 9.17) is 14.9 Å². The Bertz CT molecular complexity index is 829. The first-order chi connectivity index (χ1) is 14.5. The summed E-state index contributed by atoms with van der Waals surface area (Å²) in [7, 11) is 0. The van der Waals surface area contributed by atoms with Crippen LogP contribution in [0.15, 0.2) is 29.7 Å². The standard InChI is InChI=1S/C16H21N3OS2.C4H4O4/c1(3-13-4-2-10-21-13)9-20-16-15(17-22-18-16)14-11-19-7-5-12(14)6-8-19;5-3(6)1-2-4(7)8/h2,4,10,12,14H,1,3,5-9,11H2;1-2H,(H,5,6)(H,7,8)/b;2-1+. The van der Waals surface area contributed by atoms with Crippen molar-refractivity contribution in [1.29, 1.82) is 0 Å². The average molecular weight is 452 g/mol. The summed E-state index contributed by atoms with van der Waals surface area (Å²) in [5.74, 6) is -0.398. The van der Waals surface area contributed by atoms with Gasteiger partial charge in [-0.25, -0.2) is 9.59 Å². The number of aliphatic carboxylic acids is 2. The molecule has 8 nitrogen and oxygen atoms in total. The van der Waals surface area contributed by atoms with Crippen LogP contribution >= 0.6 is 23.1 Å². The summed E-state index contributed by atoms with van der Waals surface area (Å²) in [6.45, 7) is 4.39. The van der Waals surface area contributed by atoms with E-state index in [-0.39, 0.29) is 0 Å². The van der Waals surface area contributed by atoms with Gasteiger partial charge in [0.1, 0.15) is 5.69 Å². The molecule has 2 N–H and O–H groups in total. The normalized spacial score (nSPS) is 22.5. The number of carboxylic acids is 2. The molecule has 2 bridgehead atoms. The average Bonchev–Trinajstić information content (AvgIpc) is 3.43. The predicted octanol–water partition coefficient (Wildman–Crippen LogP) is 3.13. The molecule has 2 aromatic heterocycles. The van der Waals surface area contributed by atoms with Crippen LogP contribution in [0.2, 0.25) is 0 Å². The number of hydrogen-bond donors (Lipinski definition) is 2. The number of nitrogens with zero attached hydrogens (tertiary/aromatic N) is 3. The summed E-state index contributed by atoms with van der Waals surface area (Å²) in [4.78, 5) is 23.1. The van der Waals surface area contributed by atoms with E-state index in [2.05, 4.69) is 31.2 Å². The molecule has 0 aliphatic carbocycles. The fourth-order valence-electron chi connectivity index (χ4n) is 3.80. The minimum absolute atomic E-state index is 0.536. The molecule has 10 heteroatoms. The lowest BCUT2D eigenvalue weighted by Gasteiger charge is -2.44. The van der Waals surface area contributed by atoms with E-state index in [1.165, 1.54) is 42.5 Å². The summed E-state index contributed by atoms with van der Waals surface area (Å²) in [6, 6.07) is 4.30. The smallest absolute Gasteiger partial charge is 0.328 e. The van der Waals surface area contributed by atoms with E-state index in [1.807, 2.05) is 11.3 Å². The Balaban J connectivity index is 0.000000275. The van der Waals surface area contributed by atoms with Gasteiger partial charge in [-0.15, -0.1) is 15.7 Å². The van der Waals surface area contributed by atoms with Gasteiger partial charge in [-0.05, 0) is 56.1 Å². The highest BCUT2D eigenvalue weighted by molar-refractivity contribution is 7.09. The molecule has 1 atom stereocenters. The predicted molar refractivity (Wildman–Crippen MR) is 114 cm³/mol. The number of aryl methyl sites for hydroxylation is 1. The molecule has 0 amide bonds. The largest absolute Gasteiger partial charge is 0.478 e. The summed E-state index contributed by atoms with van der Waals surface area (Å²) < 4.78 is 14.9. The van der Waals surface area contributed by atoms with Gasteiger partial charge in [0.25, 0.3) is 0 Å². The second-order valence-electron chi connectivity index (χ2n) is 7.24. The molecule has 3 aliphatic heterocycles. The number of ether oxygens (including phenoxy) is 1. The van der Waals surface area contributed by atoms with E-state index >= 15 is 0 Å². The molecule has 30 heavy (non-hydrogen) atoms. The molecule has 2 aromatic rings. The van der Waals surface area contributed by atoms with E-state index in [9.17, 15) is 9.59 Å². The zero-order valence-electron chi connectivity index (χ0n) is 16.5. The Morgan fingerprint density at radius 1 is 1.20 bits per heavy atom. The van der Waals surface area contributed by atoms with Crippen molar-refractivity contribution < 1.29 is 24.5 Å². The van der Waals surface area contributed by atoms with Crippen molar-refractivity contribution in [2.75, 3.05) is 26.2 Å². The highest BCUT2D eigenvalue weighted by Gasteiger charge is 2.38. The number of carboxylic acid groups (broad SMARTS) is 2. The summed E-state index contributed by atoms with van der Waals surface area (Å²) >= 11 is 3.12. The first-order valence-electron chi connectivity index (χ1n) is 9.87. The van der Waals surface area contributed by atoms with Crippen molar-refractivity contribution in [2.45, 2.75) is 31.6 Å². The maximum Gasteiger partial charge on any atom is 0.328 e.